The summed E-state index contributed by atoms with van der Waals surface area (Å²) in [4.78, 5) is 12.3. The summed E-state index contributed by atoms with van der Waals surface area (Å²) in [5, 5.41) is -0.425. The molecule has 14 heavy (non-hydrogen) atoms. The molecule has 0 saturated carbocycles. The molecule has 0 aliphatic carbocycles. The van der Waals surface area contributed by atoms with E-state index in [1.54, 1.807) is 7.05 Å². The van der Waals surface area contributed by atoms with Crippen LogP contribution in [0, 0.1) is 13.8 Å². The molecule has 3 heteroatoms. The summed E-state index contributed by atoms with van der Waals surface area (Å²) in [6.07, 6.45) is 0. The topological polar surface area (TPSA) is 20.3 Å². The predicted molar refractivity (Wildman–Crippen MR) is 58.6 cm³/mol. The number of carbonyl (C=O) groups excluding carboxylic acids is 1. The van der Waals surface area contributed by atoms with E-state index in [1.807, 2.05) is 13.8 Å². The van der Waals surface area contributed by atoms with Crippen LogP contribution < -0.4 is 0 Å². The average molecular weight is 212 g/mol. The lowest BCUT2D eigenvalue weighted by Crippen LogP contribution is -2.20. The highest BCUT2D eigenvalue weighted by Crippen LogP contribution is 2.13. The molecule has 1 aromatic rings. The van der Waals surface area contributed by atoms with Gasteiger partial charge in [0, 0.05) is 13.6 Å². The van der Waals surface area contributed by atoms with E-state index >= 15 is 0 Å². The van der Waals surface area contributed by atoms with Crippen molar-refractivity contribution in [3.8, 4) is 0 Å². The summed E-state index contributed by atoms with van der Waals surface area (Å²) in [7, 11) is 1.69. The van der Waals surface area contributed by atoms with Crippen LogP contribution in [0.25, 0.3) is 0 Å². The fourth-order valence-electron chi connectivity index (χ4n) is 1.29. The lowest BCUT2D eigenvalue weighted by Gasteiger charge is -2.15. The van der Waals surface area contributed by atoms with Gasteiger partial charge in [0.15, 0.2) is 0 Å². The zero-order valence-electron chi connectivity index (χ0n) is 8.67. The maximum absolute atomic E-state index is 10.8. The van der Waals surface area contributed by atoms with E-state index in [2.05, 4.69) is 18.2 Å². The van der Waals surface area contributed by atoms with Crippen LogP contribution in [0.1, 0.15) is 16.7 Å². The maximum atomic E-state index is 10.8. The van der Waals surface area contributed by atoms with Crippen LogP contribution in [0.2, 0.25) is 0 Å². The van der Waals surface area contributed by atoms with Crippen molar-refractivity contribution in [1.29, 1.82) is 0 Å². The standard InChI is InChI=1S/C11H14ClNO/c1-8-4-5-9(2)10(6-8)7-13(3)11(12)14/h4-6H,7H2,1-3H3. The van der Waals surface area contributed by atoms with Gasteiger partial charge >= 0.3 is 5.37 Å². The van der Waals surface area contributed by atoms with Gasteiger partial charge in [-0.3, -0.25) is 4.79 Å². The van der Waals surface area contributed by atoms with E-state index in [0.29, 0.717) is 6.54 Å². The van der Waals surface area contributed by atoms with Crippen molar-refractivity contribution < 1.29 is 4.79 Å². The van der Waals surface area contributed by atoms with Crippen LogP contribution >= 0.6 is 11.6 Å². The van der Waals surface area contributed by atoms with Crippen LogP contribution in [0.15, 0.2) is 18.2 Å². The molecule has 0 atom stereocenters. The van der Waals surface area contributed by atoms with Gasteiger partial charge < -0.3 is 4.90 Å². The Morgan fingerprint density at radius 2 is 2.07 bits per heavy atom. The summed E-state index contributed by atoms with van der Waals surface area (Å²) in [6.45, 7) is 4.63. The van der Waals surface area contributed by atoms with Gasteiger partial charge in [0.2, 0.25) is 0 Å². The molecule has 1 amide bonds. The molecular weight excluding hydrogens is 198 g/mol. The third kappa shape index (κ3) is 2.74. The molecule has 0 radical (unpaired) electrons. The monoisotopic (exact) mass is 211 g/mol. The van der Waals surface area contributed by atoms with Crippen LogP contribution in [0.5, 0.6) is 0 Å². The van der Waals surface area contributed by atoms with Gasteiger partial charge in [-0.05, 0) is 36.6 Å². The minimum absolute atomic E-state index is 0.425. The van der Waals surface area contributed by atoms with Crippen molar-refractivity contribution >= 4 is 17.0 Å². The second-order valence-electron chi connectivity index (χ2n) is 3.54. The summed E-state index contributed by atoms with van der Waals surface area (Å²) in [6, 6.07) is 6.18. The fourth-order valence-corrected chi connectivity index (χ4v) is 1.35. The Morgan fingerprint density at radius 1 is 1.43 bits per heavy atom. The Bertz CT molecular complexity index is 349. The highest BCUT2D eigenvalue weighted by atomic mass is 35.5. The van der Waals surface area contributed by atoms with Gasteiger partial charge in [0.05, 0.1) is 0 Å². The molecular formula is C11H14ClNO. The fraction of sp³-hybridized carbons (Fsp3) is 0.364. The first-order valence-corrected chi connectivity index (χ1v) is 4.85. The highest BCUT2D eigenvalue weighted by molar-refractivity contribution is 6.62. The molecule has 0 N–H and O–H groups in total. The lowest BCUT2D eigenvalue weighted by molar-refractivity contribution is 0.230. The van der Waals surface area contributed by atoms with E-state index in [4.69, 9.17) is 11.6 Å². The van der Waals surface area contributed by atoms with E-state index in [9.17, 15) is 4.79 Å². The number of halogens is 1. The SMILES string of the molecule is Cc1ccc(C)c(CN(C)C(=O)Cl)c1. The molecule has 0 aliphatic rings. The third-order valence-corrected chi connectivity index (χ3v) is 2.50. The lowest BCUT2D eigenvalue weighted by atomic mass is 10.1. The van der Waals surface area contributed by atoms with Gasteiger partial charge in [-0.2, -0.15) is 0 Å². The first-order valence-electron chi connectivity index (χ1n) is 4.47. The summed E-state index contributed by atoms with van der Waals surface area (Å²) >= 11 is 5.36. The summed E-state index contributed by atoms with van der Waals surface area (Å²) < 4.78 is 0. The van der Waals surface area contributed by atoms with Crippen molar-refractivity contribution in [2.24, 2.45) is 0 Å². The molecule has 0 bridgehead atoms. The molecule has 0 saturated heterocycles. The first-order chi connectivity index (χ1) is 6.50. The first kappa shape index (κ1) is 11.1. The Kier molecular flexibility index (Phi) is 3.53. The van der Waals surface area contributed by atoms with Gasteiger partial charge in [0.25, 0.3) is 0 Å². The molecule has 0 fully saturated rings. The molecule has 76 valence electrons. The van der Waals surface area contributed by atoms with Crippen LogP contribution in [0.4, 0.5) is 4.79 Å². The molecule has 0 heterocycles. The Hall–Kier alpha value is -1.02. The number of carbonyl (C=O) groups is 1. The van der Waals surface area contributed by atoms with Crippen molar-refractivity contribution in [1.82, 2.24) is 4.90 Å². The maximum Gasteiger partial charge on any atom is 0.316 e. The van der Waals surface area contributed by atoms with Crippen molar-refractivity contribution in [2.45, 2.75) is 20.4 Å². The highest BCUT2D eigenvalue weighted by Gasteiger charge is 2.07. The smallest absolute Gasteiger partial charge is 0.316 e. The van der Waals surface area contributed by atoms with E-state index in [-0.39, 0.29) is 0 Å². The van der Waals surface area contributed by atoms with Crippen molar-refractivity contribution in [3.05, 3.63) is 34.9 Å². The number of rotatable bonds is 2. The predicted octanol–water partition coefficient (Wildman–Crippen LogP) is 3.09. The quantitative estimate of drug-likeness (QED) is 0.544. The summed E-state index contributed by atoms with van der Waals surface area (Å²) in [5.41, 5.74) is 3.52. The van der Waals surface area contributed by atoms with Crippen molar-refractivity contribution in [2.75, 3.05) is 7.05 Å². The van der Waals surface area contributed by atoms with Gasteiger partial charge in [-0.1, -0.05) is 23.8 Å². The van der Waals surface area contributed by atoms with Gasteiger partial charge in [-0.15, -0.1) is 0 Å². The molecule has 0 aromatic heterocycles. The number of aryl methyl sites for hydroxylation is 2. The number of hydrogen-bond acceptors (Lipinski definition) is 1. The van der Waals surface area contributed by atoms with Gasteiger partial charge in [-0.25, -0.2) is 0 Å². The number of amides is 1. The number of benzene rings is 1. The average Bonchev–Trinajstić information content (AvgIpc) is 2.11. The normalized spacial score (nSPS) is 10.0. The van der Waals surface area contributed by atoms with Crippen LogP contribution in [-0.4, -0.2) is 17.3 Å². The largest absolute Gasteiger partial charge is 0.328 e. The van der Waals surface area contributed by atoms with Crippen LogP contribution in [0.3, 0.4) is 0 Å². The molecule has 0 spiro atoms. The van der Waals surface area contributed by atoms with Crippen molar-refractivity contribution in [3.63, 3.8) is 0 Å². The van der Waals surface area contributed by atoms with E-state index in [1.165, 1.54) is 16.0 Å². The molecule has 0 aliphatic heterocycles. The zero-order valence-corrected chi connectivity index (χ0v) is 9.43. The Labute approximate surface area is 89.5 Å². The molecule has 1 rings (SSSR count). The van der Waals surface area contributed by atoms with E-state index in [0.717, 1.165) is 5.56 Å². The summed E-state index contributed by atoms with van der Waals surface area (Å²) in [5.74, 6) is 0. The minimum atomic E-state index is -0.425. The number of nitrogens with zero attached hydrogens (tertiary/aromatic N) is 1. The van der Waals surface area contributed by atoms with Gasteiger partial charge in [0.1, 0.15) is 0 Å². The zero-order chi connectivity index (χ0) is 10.7. The second-order valence-corrected chi connectivity index (χ2v) is 3.86. The third-order valence-electron chi connectivity index (χ3n) is 2.21. The van der Waals surface area contributed by atoms with E-state index < -0.39 is 5.37 Å². The Morgan fingerprint density at radius 3 is 2.64 bits per heavy atom. The molecule has 2 nitrogen and oxygen atoms in total. The minimum Gasteiger partial charge on any atom is -0.328 e. The molecule has 0 unspecified atom stereocenters. The Balaban J connectivity index is 2.85. The number of hydrogen-bond donors (Lipinski definition) is 0. The van der Waals surface area contributed by atoms with Crippen LogP contribution in [-0.2, 0) is 6.54 Å². The second kappa shape index (κ2) is 4.47. The molecule has 1 aromatic carbocycles.